The van der Waals surface area contributed by atoms with Crippen LogP contribution in [0.15, 0.2) is 97.6 Å². The van der Waals surface area contributed by atoms with Gasteiger partial charge in [0.25, 0.3) is 11.8 Å². The van der Waals surface area contributed by atoms with Crippen molar-refractivity contribution in [3.05, 3.63) is 126 Å². The van der Waals surface area contributed by atoms with Crippen molar-refractivity contribution in [2.45, 2.75) is 84.5 Å². The van der Waals surface area contributed by atoms with Crippen molar-refractivity contribution < 1.29 is 14.3 Å². The molecule has 2 saturated heterocycles. The van der Waals surface area contributed by atoms with E-state index >= 15 is 4.79 Å². The van der Waals surface area contributed by atoms with Gasteiger partial charge in [0.05, 0.1) is 53.8 Å². The van der Waals surface area contributed by atoms with E-state index in [1.807, 2.05) is 117 Å². The zero-order valence-corrected chi connectivity index (χ0v) is 37.9. The van der Waals surface area contributed by atoms with E-state index in [-0.39, 0.29) is 29.8 Å². The van der Waals surface area contributed by atoms with Crippen molar-refractivity contribution in [1.29, 1.82) is 0 Å². The number of nitrogens with zero attached hydrogens (tertiary/aromatic N) is 10. The van der Waals surface area contributed by atoms with E-state index in [1.54, 1.807) is 0 Å². The second-order valence-corrected chi connectivity index (χ2v) is 17.6. The summed E-state index contributed by atoms with van der Waals surface area (Å²) >= 11 is 0. The van der Waals surface area contributed by atoms with Gasteiger partial charge in [-0.05, 0) is 67.7 Å². The maximum Gasteiger partial charge on any atom is 0.258 e. The number of carbonyl (C=O) groups is 2. The van der Waals surface area contributed by atoms with Gasteiger partial charge < -0.3 is 25.2 Å². The number of pyridine rings is 1. The largest absolute Gasteiger partial charge is 0.373 e. The molecule has 15 nitrogen and oxygen atoms in total. The lowest BCUT2D eigenvalue weighted by Gasteiger charge is -2.40. The highest BCUT2D eigenvalue weighted by Crippen LogP contribution is 2.35. The first-order chi connectivity index (χ1) is 32.4. The third kappa shape index (κ3) is 8.39. The number of rotatable bonds is 13. The third-order valence-electron chi connectivity index (χ3n) is 13.5. The number of nitrogens with one attached hydrogen (secondary N) is 2. The second-order valence-electron chi connectivity index (χ2n) is 17.6. The van der Waals surface area contributed by atoms with Gasteiger partial charge in [0.15, 0.2) is 0 Å². The standard InChI is InChI=1S/C51H56N12O3/c1-4-34-27-52-50(53-28-34)56-31-41-33(3)14-12-22-61(41)49(65)43-40-26-38(20-23-62(40)58-46(43)36-15-8-6-9-16-36)45-35(5-2)29-54-51(57-45)55-30-39-19-13-21-60(39)48(64)44-42-32-66-25-24-63(42)59-47(44)37-17-10-7-11-18-37/h6-11,15-18,20,23,26-29,33,39,41H,4-5,12-14,19,21-22,24-25,30-32H2,1-3H3,(H,52,53,56)(H,54,55,57)/t33-,39+,41-/m1/s1. The molecule has 0 bridgehead atoms. The zero-order valence-electron chi connectivity index (χ0n) is 37.9. The number of ether oxygens (including phenoxy) is 1. The lowest BCUT2D eigenvalue weighted by atomic mass is 9.89. The first-order valence-electron chi connectivity index (χ1n) is 23.5. The van der Waals surface area contributed by atoms with Gasteiger partial charge in [-0.1, -0.05) is 81.4 Å². The van der Waals surface area contributed by atoms with E-state index in [0.717, 1.165) is 71.3 Å². The monoisotopic (exact) mass is 884 g/mol. The van der Waals surface area contributed by atoms with Crippen LogP contribution < -0.4 is 10.6 Å². The molecule has 3 aliphatic rings. The minimum absolute atomic E-state index is 0.0283. The van der Waals surface area contributed by atoms with Crippen molar-refractivity contribution in [2.75, 3.05) is 43.4 Å². The summed E-state index contributed by atoms with van der Waals surface area (Å²) in [7, 11) is 0. The molecular weight excluding hydrogens is 829 g/mol. The number of piperidine rings is 1. The lowest BCUT2D eigenvalue weighted by Crippen LogP contribution is -2.51. The van der Waals surface area contributed by atoms with Gasteiger partial charge in [0.2, 0.25) is 11.9 Å². The lowest BCUT2D eigenvalue weighted by molar-refractivity contribution is 0.0542. The molecule has 10 rings (SSSR count). The van der Waals surface area contributed by atoms with Gasteiger partial charge in [-0.25, -0.2) is 24.5 Å². The van der Waals surface area contributed by atoms with Gasteiger partial charge in [0, 0.05) is 73.7 Å². The molecule has 2 aromatic carbocycles. The smallest absolute Gasteiger partial charge is 0.258 e. The average Bonchev–Trinajstić information content (AvgIpc) is 4.11. The molecule has 3 aliphatic heterocycles. The Balaban J connectivity index is 0.938. The molecular formula is C51H56N12O3. The molecule has 0 radical (unpaired) electrons. The number of amides is 2. The molecule has 0 saturated carbocycles. The summed E-state index contributed by atoms with van der Waals surface area (Å²) in [6.07, 6.45) is 12.8. The van der Waals surface area contributed by atoms with Crippen LogP contribution in [0.1, 0.15) is 84.0 Å². The number of hydrogen-bond acceptors (Lipinski definition) is 11. The number of aryl methyl sites for hydroxylation is 2. The Labute approximate surface area is 384 Å². The van der Waals surface area contributed by atoms with Crippen molar-refractivity contribution in [3.63, 3.8) is 0 Å². The number of anilines is 2. The molecule has 0 aliphatic carbocycles. The van der Waals surface area contributed by atoms with Crippen LogP contribution in [0.5, 0.6) is 0 Å². The number of benzene rings is 2. The maximum absolute atomic E-state index is 15.2. The highest BCUT2D eigenvalue weighted by Gasteiger charge is 2.37. The molecule has 7 aromatic rings. The molecule has 8 heterocycles. The molecule has 3 atom stereocenters. The Morgan fingerprint density at radius 3 is 2.14 bits per heavy atom. The SMILES string of the molecule is CCc1cnc(NC[C@@H]2[C@H](C)CCCN2C(=O)c2c(-c3ccccc3)nn3ccc(-c4nc(NC[C@@H]5CCCN5C(=O)c5c(-c6ccccc6)nn6c5COCC6)ncc4CC)cc23)nc1. The number of carbonyl (C=O) groups excluding carboxylic acids is 2. The number of aromatic nitrogens is 8. The predicted molar refractivity (Wildman–Crippen MR) is 254 cm³/mol. The Bertz CT molecular complexity index is 2840. The van der Waals surface area contributed by atoms with E-state index in [0.29, 0.717) is 92.3 Å². The Hall–Kier alpha value is -7.00. The van der Waals surface area contributed by atoms with E-state index in [1.165, 1.54) is 0 Å². The van der Waals surface area contributed by atoms with Crippen LogP contribution >= 0.6 is 0 Å². The van der Waals surface area contributed by atoms with Gasteiger partial charge >= 0.3 is 0 Å². The topological polar surface area (TPSA) is 161 Å². The van der Waals surface area contributed by atoms with Crippen LogP contribution in [-0.4, -0.2) is 106 Å². The van der Waals surface area contributed by atoms with Crippen LogP contribution in [0, 0.1) is 5.92 Å². The van der Waals surface area contributed by atoms with Crippen LogP contribution in [0.25, 0.3) is 39.3 Å². The molecule has 338 valence electrons. The van der Waals surface area contributed by atoms with Crippen molar-refractivity contribution in [3.8, 4) is 33.8 Å². The summed E-state index contributed by atoms with van der Waals surface area (Å²) in [6.45, 7) is 10.2. The Morgan fingerprint density at radius 2 is 1.39 bits per heavy atom. The van der Waals surface area contributed by atoms with Gasteiger partial charge in [-0.3, -0.25) is 14.3 Å². The molecule has 66 heavy (non-hydrogen) atoms. The zero-order chi connectivity index (χ0) is 45.1. The first kappa shape index (κ1) is 42.9. The maximum atomic E-state index is 15.2. The molecule has 2 amide bonds. The van der Waals surface area contributed by atoms with Gasteiger partial charge in [-0.15, -0.1) is 0 Å². The second kappa shape index (κ2) is 18.8. The normalized spacial score (nSPS) is 18.4. The van der Waals surface area contributed by atoms with Crippen LogP contribution in [0.2, 0.25) is 0 Å². The molecule has 2 N–H and O–H groups in total. The average molecular weight is 885 g/mol. The fourth-order valence-electron chi connectivity index (χ4n) is 9.82. The van der Waals surface area contributed by atoms with E-state index < -0.39 is 0 Å². The number of fused-ring (bicyclic) bond motifs is 2. The first-order valence-corrected chi connectivity index (χ1v) is 23.5. The third-order valence-corrected chi connectivity index (χ3v) is 13.5. The quantitative estimate of drug-likeness (QED) is 0.116. The predicted octanol–water partition coefficient (Wildman–Crippen LogP) is 7.84. The van der Waals surface area contributed by atoms with Gasteiger partial charge in [-0.2, -0.15) is 10.2 Å². The van der Waals surface area contributed by atoms with Crippen molar-refractivity contribution in [1.82, 2.24) is 49.1 Å². The fourth-order valence-corrected chi connectivity index (χ4v) is 9.82. The fraction of sp³-hybridized carbons (Fsp3) is 0.373. The molecule has 0 spiro atoms. The minimum Gasteiger partial charge on any atom is -0.373 e. The van der Waals surface area contributed by atoms with E-state index in [2.05, 4.69) is 41.4 Å². The Morgan fingerprint density at radius 1 is 0.712 bits per heavy atom. The number of hydrogen-bond donors (Lipinski definition) is 2. The molecule has 15 heteroatoms. The summed E-state index contributed by atoms with van der Waals surface area (Å²) in [5.74, 6) is 1.21. The Kier molecular flexibility index (Phi) is 12.3. The van der Waals surface area contributed by atoms with Crippen molar-refractivity contribution >= 4 is 29.2 Å². The van der Waals surface area contributed by atoms with Crippen molar-refractivity contribution in [2.24, 2.45) is 5.92 Å². The summed E-state index contributed by atoms with van der Waals surface area (Å²) in [5, 5.41) is 16.9. The molecule has 0 unspecified atom stereocenters. The van der Waals surface area contributed by atoms with Gasteiger partial charge in [0.1, 0.15) is 11.4 Å². The highest BCUT2D eigenvalue weighted by molar-refractivity contribution is 6.07. The number of likely N-dealkylation sites (tertiary alicyclic amines) is 2. The minimum atomic E-state index is -0.0822. The summed E-state index contributed by atoms with van der Waals surface area (Å²) in [5.41, 5.74) is 9.52. The highest BCUT2D eigenvalue weighted by atomic mass is 16.5. The van der Waals surface area contributed by atoms with E-state index in [4.69, 9.17) is 24.9 Å². The summed E-state index contributed by atoms with van der Waals surface area (Å²) < 4.78 is 9.58. The van der Waals surface area contributed by atoms with Crippen LogP contribution in [-0.2, 0) is 30.7 Å². The van der Waals surface area contributed by atoms with Crippen LogP contribution in [0.4, 0.5) is 11.9 Å². The molecule has 5 aromatic heterocycles. The summed E-state index contributed by atoms with van der Waals surface area (Å²) in [6, 6.07) is 23.8. The molecule has 2 fully saturated rings. The van der Waals surface area contributed by atoms with E-state index in [9.17, 15) is 4.79 Å². The summed E-state index contributed by atoms with van der Waals surface area (Å²) in [4.78, 5) is 52.7. The van der Waals surface area contributed by atoms with Crippen LogP contribution in [0.3, 0.4) is 0 Å².